The monoisotopic (exact) mass is 383 g/mol. The molecule has 0 saturated carbocycles. The number of carbonyl (C=O) groups is 1. The highest BCUT2D eigenvalue weighted by atomic mass is 32.1. The Kier molecular flexibility index (Phi) is 4.57. The van der Waals surface area contributed by atoms with Crippen molar-refractivity contribution in [2.24, 2.45) is 4.99 Å². The van der Waals surface area contributed by atoms with E-state index in [1.54, 1.807) is 7.11 Å². The van der Waals surface area contributed by atoms with Crippen LogP contribution in [0.4, 0.5) is 0 Å². The lowest BCUT2D eigenvalue weighted by Crippen LogP contribution is -2.16. The van der Waals surface area contributed by atoms with Crippen molar-refractivity contribution in [3.05, 3.63) is 52.3 Å². The number of fused-ring (bicyclic) bond motifs is 2. The Morgan fingerprint density at radius 2 is 2.04 bits per heavy atom. The Balaban J connectivity index is 1.83. The first-order chi connectivity index (χ1) is 12.7. The summed E-state index contributed by atoms with van der Waals surface area (Å²) in [7, 11) is 1.65. The van der Waals surface area contributed by atoms with Gasteiger partial charge in [-0.05, 0) is 36.8 Å². The molecule has 132 valence electrons. The molecule has 0 unspecified atom stereocenters. The number of hydrogen-bond donors (Lipinski definition) is 0. The Morgan fingerprint density at radius 3 is 2.81 bits per heavy atom. The van der Waals surface area contributed by atoms with E-state index in [9.17, 15) is 4.79 Å². The van der Waals surface area contributed by atoms with Crippen molar-refractivity contribution in [2.45, 2.75) is 19.9 Å². The van der Waals surface area contributed by atoms with Crippen LogP contribution in [0.2, 0.25) is 0 Å². The molecule has 5 nitrogen and oxygen atoms in total. The topological polar surface area (TPSA) is 56.5 Å². The van der Waals surface area contributed by atoms with Crippen LogP contribution in [0, 0.1) is 0 Å². The van der Waals surface area contributed by atoms with Crippen LogP contribution in [-0.4, -0.2) is 22.6 Å². The summed E-state index contributed by atoms with van der Waals surface area (Å²) in [6, 6.07) is 13.7. The van der Waals surface area contributed by atoms with Gasteiger partial charge < -0.3 is 9.30 Å². The predicted molar refractivity (Wildman–Crippen MR) is 106 cm³/mol. The first-order valence-corrected chi connectivity index (χ1v) is 9.95. The van der Waals surface area contributed by atoms with Gasteiger partial charge in [-0.1, -0.05) is 30.4 Å². The maximum Gasteiger partial charge on any atom is 0.308 e. The largest absolute Gasteiger partial charge is 0.497 e. The summed E-state index contributed by atoms with van der Waals surface area (Å²) >= 11 is 2.87. The van der Waals surface area contributed by atoms with Gasteiger partial charge in [0.05, 0.1) is 27.5 Å². The van der Waals surface area contributed by atoms with E-state index in [4.69, 9.17) is 4.74 Å². The zero-order valence-electron chi connectivity index (χ0n) is 14.4. The van der Waals surface area contributed by atoms with Gasteiger partial charge in [0.25, 0.3) is 0 Å². The maximum absolute atomic E-state index is 12.7. The molecule has 0 aliphatic carbocycles. The number of para-hydroxylation sites is 1. The smallest absolute Gasteiger partial charge is 0.308 e. The third kappa shape index (κ3) is 3.04. The number of methoxy groups -OCH3 is 1. The molecular weight excluding hydrogens is 366 g/mol. The summed E-state index contributed by atoms with van der Waals surface area (Å²) in [5.41, 5.74) is 1.90. The fourth-order valence-electron chi connectivity index (χ4n) is 2.80. The summed E-state index contributed by atoms with van der Waals surface area (Å²) in [6.07, 6.45) is 0.959. The van der Waals surface area contributed by atoms with Crippen LogP contribution in [0.25, 0.3) is 20.4 Å². The van der Waals surface area contributed by atoms with Crippen molar-refractivity contribution < 1.29 is 9.53 Å². The molecule has 0 saturated heterocycles. The molecule has 0 fully saturated rings. The molecule has 2 aromatic heterocycles. The van der Waals surface area contributed by atoms with Crippen molar-refractivity contribution >= 4 is 49.0 Å². The molecule has 0 spiro atoms. The number of carbonyl (C=O) groups excluding carboxylic acids is 1. The van der Waals surface area contributed by atoms with Crippen LogP contribution in [0.3, 0.4) is 0 Å². The van der Waals surface area contributed by atoms with Gasteiger partial charge in [0.1, 0.15) is 5.75 Å². The molecule has 0 atom stereocenters. The highest BCUT2D eigenvalue weighted by Crippen LogP contribution is 2.24. The number of nitrogens with zero attached hydrogens (tertiary/aromatic N) is 3. The Bertz CT molecular complexity index is 1140. The van der Waals surface area contributed by atoms with E-state index in [1.807, 2.05) is 42.5 Å². The normalized spacial score (nSPS) is 12.2. The standard InChI is InChI=1S/C19H17N3O2S2/c1-3-10-22-14-9-8-12(24-2)11-16(14)26-19(22)21-17(23)18-20-13-6-4-5-7-15(13)25-18/h4-9,11H,3,10H2,1-2H3. The van der Waals surface area contributed by atoms with Crippen LogP contribution < -0.4 is 9.54 Å². The van der Waals surface area contributed by atoms with E-state index in [0.29, 0.717) is 9.81 Å². The highest BCUT2D eigenvalue weighted by Gasteiger charge is 2.13. The van der Waals surface area contributed by atoms with Gasteiger partial charge in [0.2, 0.25) is 0 Å². The Hall–Kier alpha value is -2.51. The average molecular weight is 383 g/mol. The molecule has 2 aromatic carbocycles. The number of benzene rings is 2. The van der Waals surface area contributed by atoms with Crippen molar-refractivity contribution in [1.82, 2.24) is 9.55 Å². The fraction of sp³-hybridized carbons (Fsp3) is 0.211. The number of thiazole rings is 2. The van der Waals surface area contributed by atoms with Gasteiger partial charge in [-0.25, -0.2) is 4.98 Å². The van der Waals surface area contributed by atoms with Gasteiger partial charge >= 0.3 is 5.91 Å². The van der Waals surface area contributed by atoms with Crippen LogP contribution in [0.5, 0.6) is 5.75 Å². The number of aromatic nitrogens is 2. The molecule has 4 aromatic rings. The zero-order chi connectivity index (χ0) is 18.1. The van der Waals surface area contributed by atoms with Crippen molar-refractivity contribution in [2.75, 3.05) is 7.11 Å². The van der Waals surface area contributed by atoms with E-state index < -0.39 is 0 Å². The van der Waals surface area contributed by atoms with Crippen LogP contribution in [0.15, 0.2) is 47.5 Å². The first kappa shape index (κ1) is 16.9. The lowest BCUT2D eigenvalue weighted by Gasteiger charge is -2.03. The molecular formula is C19H17N3O2S2. The van der Waals surface area contributed by atoms with E-state index in [0.717, 1.165) is 39.1 Å². The molecule has 26 heavy (non-hydrogen) atoms. The molecule has 0 radical (unpaired) electrons. The van der Waals surface area contributed by atoms with Gasteiger partial charge in [0, 0.05) is 6.54 Å². The number of amides is 1. The van der Waals surface area contributed by atoms with Crippen LogP contribution in [0.1, 0.15) is 23.1 Å². The molecule has 0 bridgehead atoms. The zero-order valence-corrected chi connectivity index (χ0v) is 16.1. The fourth-order valence-corrected chi connectivity index (χ4v) is 4.74. The highest BCUT2D eigenvalue weighted by molar-refractivity contribution is 7.20. The van der Waals surface area contributed by atoms with E-state index in [1.165, 1.54) is 22.7 Å². The third-order valence-corrected chi connectivity index (χ3v) is 6.08. The molecule has 4 rings (SSSR count). The summed E-state index contributed by atoms with van der Waals surface area (Å²) in [5, 5.41) is 0.421. The van der Waals surface area contributed by atoms with E-state index >= 15 is 0 Å². The summed E-state index contributed by atoms with van der Waals surface area (Å²) in [6.45, 7) is 2.91. The summed E-state index contributed by atoms with van der Waals surface area (Å²) in [4.78, 5) is 22.2. The summed E-state index contributed by atoms with van der Waals surface area (Å²) < 4.78 is 9.44. The number of aryl methyl sites for hydroxylation is 1. The minimum Gasteiger partial charge on any atom is -0.497 e. The van der Waals surface area contributed by atoms with Gasteiger partial charge in [-0.3, -0.25) is 4.79 Å². The molecule has 0 aliphatic rings. The minimum atomic E-state index is -0.297. The number of ether oxygens (including phenoxy) is 1. The number of rotatable bonds is 4. The average Bonchev–Trinajstić information content (AvgIpc) is 3.23. The van der Waals surface area contributed by atoms with Gasteiger partial charge in [0.15, 0.2) is 9.81 Å². The molecule has 0 aliphatic heterocycles. The first-order valence-electron chi connectivity index (χ1n) is 8.31. The van der Waals surface area contributed by atoms with Crippen molar-refractivity contribution in [3.63, 3.8) is 0 Å². The van der Waals surface area contributed by atoms with Crippen LogP contribution in [-0.2, 0) is 6.54 Å². The molecule has 7 heteroatoms. The molecule has 0 N–H and O–H groups in total. The van der Waals surface area contributed by atoms with Crippen molar-refractivity contribution in [1.29, 1.82) is 0 Å². The van der Waals surface area contributed by atoms with E-state index in [-0.39, 0.29) is 5.91 Å². The quantitative estimate of drug-likeness (QED) is 0.522. The minimum absolute atomic E-state index is 0.297. The second-order valence-electron chi connectivity index (χ2n) is 5.77. The van der Waals surface area contributed by atoms with Gasteiger partial charge in [-0.15, -0.1) is 11.3 Å². The second-order valence-corrected chi connectivity index (χ2v) is 7.81. The van der Waals surface area contributed by atoms with Gasteiger partial charge in [-0.2, -0.15) is 4.99 Å². The van der Waals surface area contributed by atoms with Crippen molar-refractivity contribution in [3.8, 4) is 5.75 Å². The van der Waals surface area contributed by atoms with Crippen LogP contribution >= 0.6 is 22.7 Å². The third-order valence-electron chi connectivity index (χ3n) is 4.01. The Morgan fingerprint density at radius 1 is 1.19 bits per heavy atom. The Labute approximate surface area is 158 Å². The lowest BCUT2D eigenvalue weighted by molar-refractivity contribution is 0.0997. The lowest BCUT2D eigenvalue weighted by atomic mass is 10.3. The molecule has 1 amide bonds. The maximum atomic E-state index is 12.7. The SMILES string of the molecule is CCCn1c(=NC(=O)c2nc3ccccc3s2)sc2cc(OC)ccc21. The molecule has 2 heterocycles. The number of hydrogen-bond acceptors (Lipinski definition) is 5. The predicted octanol–water partition coefficient (Wildman–Crippen LogP) is 4.47. The second kappa shape index (κ2) is 7.01. The summed E-state index contributed by atoms with van der Waals surface area (Å²) in [5.74, 6) is 0.501. The van der Waals surface area contributed by atoms with E-state index in [2.05, 4.69) is 21.5 Å².